The molecule has 1 N–H and O–H groups in total. The van der Waals surface area contributed by atoms with Crippen LogP contribution < -0.4 is 0 Å². The molecule has 0 fully saturated rings. The summed E-state index contributed by atoms with van der Waals surface area (Å²) in [6.07, 6.45) is 0. The number of carboxylic acid groups (broad SMARTS) is 1. The van der Waals surface area contributed by atoms with Gasteiger partial charge in [0.15, 0.2) is 5.69 Å². The number of halogens is 2. The van der Waals surface area contributed by atoms with Crippen molar-refractivity contribution in [3.8, 4) is 0 Å². The zero-order valence-corrected chi connectivity index (χ0v) is 16.6. The average molecular weight is 479 g/mol. The first-order chi connectivity index (χ1) is 12.0. The zero-order valence-electron chi connectivity index (χ0n) is 12.6. The van der Waals surface area contributed by atoms with Crippen LogP contribution in [0.2, 0.25) is 0 Å². The van der Waals surface area contributed by atoms with Crippen molar-refractivity contribution in [2.45, 2.75) is 9.79 Å². The van der Waals surface area contributed by atoms with E-state index in [0.29, 0.717) is 8.45 Å². The Morgan fingerprint density at radius 2 is 1.65 bits per heavy atom. The first kappa shape index (κ1) is 18.9. The number of benzene rings is 2. The van der Waals surface area contributed by atoms with Gasteiger partial charge in [-0.2, -0.15) is 0 Å². The Labute approximate surface area is 161 Å². The van der Waals surface area contributed by atoms with Gasteiger partial charge in [-0.05, 0) is 30.3 Å². The summed E-state index contributed by atoms with van der Waals surface area (Å²) in [4.78, 5) is 10.8. The van der Waals surface area contributed by atoms with Crippen molar-refractivity contribution in [3.05, 3.63) is 58.7 Å². The number of hydrogen-bond acceptors (Lipinski definition) is 5. The smallest absolute Gasteiger partial charge is 0.355 e. The number of carbonyl (C=O) groups is 1. The zero-order chi connectivity index (χ0) is 19.3. The number of rotatable bonds is 4. The topological polar surface area (TPSA) is 111 Å². The monoisotopic (exact) mass is 477 g/mol. The summed E-state index contributed by atoms with van der Waals surface area (Å²) in [6, 6.07) is 11.2. The van der Waals surface area contributed by atoms with Crippen LogP contribution in [0.25, 0.3) is 10.9 Å². The largest absolute Gasteiger partial charge is 0.477 e. The summed E-state index contributed by atoms with van der Waals surface area (Å²) < 4.78 is 51.1. The number of hydrogen-bond donors (Lipinski definition) is 1. The molecule has 0 saturated carbocycles. The molecule has 0 aliphatic rings. The molecule has 0 bridgehead atoms. The van der Waals surface area contributed by atoms with Gasteiger partial charge in [0.05, 0.1) is 10.4 Å². The van der Waals surface area contributed by atoms with E-state index in [1.54, 1.807) is 6.07 Å². The third-order valence-corrected chi connectivity index (χ3v) is 7.15. The molecule has 0 atom stereocenters. The van der Waals surface area contributed by atoms with Crippen LogP contribution in [-0.4, -0.2) is 31.9 Å². The Kier molecular flexibility index (Phi) is 4.63. The van der Waals surface area contributed by atoms with E-state index in [-0.39, 0.29) is 15.8 Å². The normalized spacial score (nSPS) is 12.4. The predicted molar refractivity (Wildman–Crippen MR) is 98.7 cm³/mol. The van der Waals surface area contributed by atoms with E-state index in [0.717, 1.165) is 0 Å². The number of fused-ring (bicyclic) bond motifs is 1. The lowest BCUT2D eigenvalue weighted by Crippen LogP contribution is -2.19. The summed E-state index contributed by atoms with van der Waals surface area (Å²) in [5.74, 6) is -1.74. The lowest BCUT2D eigenvalue weighted by molar-refractivity contribution is 0.0685. The highest BCUT2D eigenvalue weighted by Gasteiger charge is 2.35. The molecule has 11 heteroatoms. The second-order valence-electron chi connectivity index (χ2n) is 5.16. The van der Waals surface area contributed by atoms with Gasteiger partial charge >= 0.3 is 5.97 Å². The fourth-order valence-corrected chi connectivity index (χ4v) is 5.85. The van der Waals surface area contributed by atoms with Crippen LogP contribution in [0.4, 0.5) is 0 Å². The van der Waals surface area contributed by atoms with Crippen LogP contribution in [0.5, 0.6) is 0 Å². The highest BCUT2D eigenvalue weighted by molar-refractivity contribution is 9.10. The van der Waals surface area contributed by atoms with E-state index in [4.69, 9.17) is 10.7 Å². The van der Waals surface area contributed by atoms with Crippen molar-refractivity contribution in [1.29, 1.82) is 0 Å². The summed E-state index contributed by atoms with van der Waals surface area (Å²) in [5, 5.41) is 9.45. The number of aromatic carboxylic acids is 1. The SMILES string of the molecule is O=C(O)c1c(S(=O)(=O)Cl)c2cc(Br)ccc2n1S(=O)(=O)c1ccccc1. The van der Waals surface area contributed by atoms with Crippen LogP contribution in [0, 0.1) is 0 Å². The van der Waals surface area contributed by atoms with Gasteiger partial charge in [-0.25, -0.2) is 25.6 Å². The fraction of sp³-hybridized carbons (Fsp3) is 0. The number of nitrogens with zero attached hydrogens (tertiary/aromatic N) is 1. The fourth-order valence-electron chi connectivity index (χ4n) is 2.59. The molecule has 2 aromatic carbocycles. The standard InChI is InChI=1S/C15H9BrClNO6S2/c16-9-6-7-12-11(8-9)14(25(17,21)22)13(15(19)20)18(12)26(23,24)10-4-2-1-3-5-10/h1-8H,(H,19,20). The minimum Gasteiger partial charge on any atom is -0.477 e. The van der Waals surface area contributed by atoms with E-state index in [1.165, 1.54) is 42.5 Å². The Morgan fingerprint density at radius 3 is 2.19 bits per heavy atom. The van der Waals surface area contributed by atoms with Gasteiger partial charge in [0.2, 0.25) is 0 Å². The molecule has 0 saturated heterocycles. The first-order valence-corrected chi connectivity index (χ1v) is 11.4. The van der Waals surface area contributed by atoms with Crippen molar-refractivity contribution in [3.63, 3.8) is 0 Å². The Hall–Kier alpha value is -1.88. The van der Waals surface area contributed by atoms with Crippen LogP contribution in [0.1, 0.15) is 10.5 Å². The van der Waals surface area contributed by atoms with Gasteiger partial charge in [0.1, 0.15) is 4.90 Å². The minimum absolute atomic E-state index is 0.117. The summed E-state index contributed by atoms with van der Waals surface area (Å²) in [5.41, 5.74) is -1.06. The molecule has 0 unspecified atom stereocenters. The third kappa shape index (κ3) is 3.02. The summed E-state index contributed by atoms with van der Waals surface area (Å²) in [6.45, 7) is 0. The molecule has 26 heavy (non-hydrogen) atoms. The third-order valence-electron chi connectivity index (χ3n) is 3.57. The van der Waals surface area contributed by atoms with Gasteiger partial charge < -0.3 is 5.11 Å². The Balaban J connectivity index is 2.59. The second kappa shape index (κ2) is 6.38. The molecule has 7 nitrogen and oxygen atoms in total. The van der Waals surface area contributed by atoms with Crippen molar-refractivity contribution in [2.75, 3.05) is 0 Å². The van der Waals surface area contributed by atoms with Crippen molar-refractivity contribution < 1.29 is 26.7 Å². The predicted octanol–water partition coefficient (Wildman–Crippen LogP) is 3.27. The quantitative estimate of drug-likeness (QED) is 0.576. The van der Waals surface area contributed by atoms with E-state index in [2.05, 4.69) is 15.9 Å². The molecule has 0 radical (unpaired) electrons. The molecular weight excluding hydrogens is 470 g/mol. The van der Waals surface area contributed by atoms with E-state index >= 15 is 0 Å². The lowest BCUT2D eigenvalue weighted by atomic mass is 10.2. The summed E-state index contributed by atoms with van der Waals surface area (Å²) >= 11 is 3.16. The number of carboxylic acids is 1. The van der Waals surface area contributed by atoms with Crippen molar-refractivity contribution in [2.24, 2.45) is 0 Å². The number of aromatic nitrogens is 1. The van der Waals surface area contributed by atoms with Gasteiger partial charge in [0, 0.05) is 20.5 Å². The van der Waals surface area contributed by atoms with Gasteiger partial charge in [-0.1, -0.05) is 34.1 Å². The Bertz CT molecular complexity index is 1250. The van der Waals surface area contributed by atoms with Crippen molar-refractivity contribution >= 4 is 62.6 Å². The van der Waals surface area contributed by atoms with Gasteiger partial charge in [-0.3, -0.25) is 0 Å². The van der Waals surface area contributed by atoms with E-state index < -0.39 is 35.6 Å². The van der Waals surface area contributed by atoms with Gasteiger partial charge in [0.25, 0.3) is 19.1 Å². The maximum absolute atomic E-state index is 13.0. The maximum atomic E-state index is 13.0. The van der Waals surface area contributed by atoms with Gasteiger partial charge in [-0.15, -0.1) is 0 Å². The van der Waals surface area contributed by atoms with Crippen LogP contribution >= 0.6 is 26.6 Å². The minimum atomic E-state index is -4.56. The molecule has 0 aliphatic carbocycles. The molecule has 0 amide bonds. The average Bonchev–Trinajstić information content (AvgIpc) is 2.91. The first-order valence-electron chi connectivity index (χ1n) is 6.87. The van der Waals surface area contributed by atoms with Crippen LogP contribution in [-0.2, 0) is 19.1 Å². The van der Waals surface area contributed by atoms with E-state index in [1.807, 2.05) is 0 Å². The lowest BCUT2D eigenvalue weighted by Gasteiger charge is -2.10. The molecule has 1 aromatic heterocycles. The second-order valence-corrected chi connectivity index (χ2v) is 10.4. The van der Waals surface area contributed by atoms with Crippen LogP contribution in [0.3, 0.4) is 0 Å². The molecule has 3 aromatic rings. The molecule has 1 heterocycles. The molecule has 136 valence electrons. The highest BCUT2D eigenvalue weighted by atomic mass is 79.9. The van der Waals surface area contributed by atoms with Crippen molar-refractivity contribution in [1.82, 2.24) is 3.97 Å². The Morgan fingerprint density at radius 1 is 1.04 bits per heavy atom. The highest BCUT2D eigenvalue weighted by Crippen LogP contribution is 2.36. The molecular formula is C15H9BrClNO6S2. The molecule has 3 rings (SSSR count). The molecule has 0 aliphatic heterocycles. The van der Waals surface area contributed by atoms with Crippen LogP contribution in [0.15, 0.2) is 62.8 Å². The maximum Gasteiger partial charge on any atom is 0.355 e. The van der Waals surface area contributed by atoms with E-state index in [9.17, 15) is 26.7 Å². The summed E-state index contributed by atoms with van der Waals surface area (Å²) in [7, 11) is -3.52. The molecule has 0 spiro atoms.